The molecule has 2 aromatic rings. The molecule has 0 saturated carbocycles. The second-order valence-corrected chi connectivity index (χ2v) is 4.10. The van der Waals surface area contributed by atoms with Gasteiger partial charge in [-0.25, -0.2) is 0 Å². The molecule has 4 heteroatoms. The summed E-state index contributed by atoms with van der Waals surface area (Å²) >= 11 is 5.89. The van der Waals surface area contributed by atoms with E-state index in [1.165, 1.54) is 0 Å². The highest BCUT2D eigenvalue weighted by atomic mass is 32.1. The van der Waals surface area contributed by atoms with Gasteiger partial charge >= 0.3 is 0 Å². The molecule has 0 amide bonds. The lowest BCUT2D eigenvalue weighted by atomic mass is 10.2. The molecule has 0 atom stereocenters. The minimum atomic E-state index is 0.688. The summed E-state index contributed by atoms with van der Waals surface area (Å²) in [5.41, 5.74) is 6.43. The van der Waals surface area contributed by atoms with Crippen LogP contribution in [0.3, 0.4) is 0 Å². The first kappa shape index (κ1) is 8.72. The first-order chi connectivity index (χ1) is 6.22. The molecule has 0 aliphatic heterocycles. The average Bonchev–Trinajstić information content (AvgIpc) is 2.48. The third kappa shape index (κ3) is 1.36. The van der Waals surface area contributed by atoms with E-state index < -0.39 is 0 Å². The summed E-state index contributed by atoms with van der Waals surface area (Å²) in [6, 6.07) is 3.86. The fourth-order valence-electron chi connectivity index (χ4n) is 1.21. The predicted molar refractivity (Wildman–Crippen MR) is 60.0 cm³/mol. The molecular formula is C9H9NOS2. The fourth-order valence-corrected chi connectivity index (χ4v) is 2.43. The SMILES string of the molecule is COc1csc2cc(S)c(N)cc12. The van der Waals surface area contributed by atoms with Crippen LogP contribution in [-0.2, 0) is 0 Å². The lowest BCUT2D eigenvalue weighted by Gasteiger charge is -2.00. The molecule has 0 radical (unpaired) electrons. The second-order valence-electron chi connectivity index (χ2n) is 2.71. The summed E-state index contributed by atoms with van der Waals surface area (Å²) in [5, 5.41) is 3.03. The monoisotopic (exact) mass is 211 g/mol. The van der Waals surface area contributed by atoms with Crippen LogP contribution in [0.25, 0.3) is 10.1 Å². The number of thiophene rings is 1. The minimum absolute atomic E-state index is 0.688. The summed E-state index contributed by atoms with van der Waals surface area (Å²) < 4.78 is 6.34. The Morgan fingerprint density at radius 1 is 1.46 bits per heavy atom. The molecule has 13 heavy (non-hydrogen) atoms. The fraction of sp³-hybridized carbons (Fsp3) is 0.111. The molecule has 1 aromatic heterocycles. The highest BCUT2D eigenvalue weighted by Gasteiger charge is 2.06. The third-order valence-corrected chi connectivity index (χ3v) is 3.22. The molecule has 0 fully saturated rings. The zero-order chi connectivity index (χ0) is 9.42. The van der Waals surface area contributed by atoms with Gasteiger partial charge in [0, 0.05) is 26.0 Å². The van der Waals surface area contributed by atoms with Gasteiger partial charge in [-0.15, -0.1) is 24.0 Å². The normalized spacial score (nSPS) is 10.6. The Labute approximate surface area is 85.7 Å². The van der Waals surface area contributed by atoms with Crippen molar-refractivity contribution in [2.45, 2.75) is 4.90 Å². The van der Waals surface area contributed by atoms with E-state index in [-0.39, 0.29) is 0 Å². The van der Waals surface area contributed by atoms with Gasteiger partial charge < -0.3 is 10.5 Å². The standard InChI is InChI=1S/C9H9NOS2/c1-11-7-4-13-9-3-8(12)6(10)2-5(7)9/h2-4,12H,10H2,1H3. The lowest BCUT2D eigenvalue weighted by Crippen LogP contribution is -1.86. The van der Waals surface area contributed by atoms with Crippen LogP contribution < -0.4 is 10.5 Å². The smallest absolute Gasteiger partial charge is 0.137 e. The Balaban J connectivity index is 2.77. The zero-order valence-electron chi connectivity index (χ0n) is 7.07. The van der Waals surface area contributed by atoms with Crippen LogP contribution in [-0.4, -0.2) is 7.11 Å². The number of benzene rings is 1. The van der Waals surface area contributed by atoms with Gasteiger partial charge in [-0.1, -0.05) is 0 Å². The Hall–Kier alpha value is -0.870. The third-order valence-electron chi connectivity index (χ3n) is 1.91. The van der Waals surface area contributed by atoms with E-state index in [4.69, 9.17) is 10.5 Å². The van der Waals surface area contributed by atoms with Crippen molar-refractivity contribution in [1.82, 2.24) is 0 Å². The van der Waals surface area contributed by atoms with E-state index in [1.54, 1.807) is 18.4 Å². The van der Waals surface area contributed by atoms with Crippen molar-refractivity contribution in [3.63, 3.8) is 0 Å². The van der Waals surface area contributed by atoms with Crippen molar-refractivity contribution in [3.05, 3.63) is 17.5 Å². The Morgan fingerprint density at radius 2 is 2.23 bits per heavy atom. The van der Waals surface area contributed by atoms with E-state index in [1.807, 2.05) is 17.5 Å². The maximum Gasteiger partial charge on any atom is 0.137 e. The molecule has 0 saturated heterocycles. The highest BCUT2D eigenvalue weighted by molar-refractivity contribution is 7.80. The van der Waals surface area contributed by atoms with E-state index in [2.05, 4.69) is 12.6 Å². The molecule has 0 unspecified atom stereocenters. The number of fused-ring (bicyclic) bond motifs is 1. The molecule has 2 N–H and O–H groups in total. The number of hydrogen-bond donors (Lipinski definition) is 2. The van der Waals surface area contributed by atoms with E-state index in [0.29, 0.717) is 5.69 Å². The summed E-state index contributed by atoms with van der Waals surface area (Å²) in [7, 11) is 1.66. The van der Waals surface area contributed by atoms with Gasteiger partial charge in [0.1, 0.15) is 5.75 Å². The molecule has 1 heterocycles. The number of anilines is 1. The van der Waals surface area contributed by atoms with Gasteiger partial charge in [0.15, 0.2) is 0 Å². The van der Waals surface area contributed by atoms with Crippen LogP contribution in [0, 0.1) is 0 Å². The van der Waals surface area contributed by atoms with Crippen LogP contribution in [0.15, 0.2) is 22.4 Å². The molecular weight excluding hydrogens is 202 g/mol. The number of ether oxygens (including phenoxy) is 1. The van der Waals surface area contributed by atoms with Crippen LogP contribution in [0.4, 0.5) is 5.69 Å². The first-order valence-corrected chi connectivity index (χ1v) is 5.08. The van der Waals surface area contributed by atoms with Gasteiger partial charge in [-0.2, -0.15) is 0 Å². The van der Waals surface area contributed by atoms with Crippen LogP contribution in [0.2, 0.25) is 0 Å². The largest absolute Gasteiger partial charge is 0.495 e. The molecule has 0 bridgehead atoms. The first-order valence-electron chi connectivity index (χ1n) is 3.76. The van der Waals surface area contributed by atoms with Crippen molar-refractivity contribution in [2.75, 3.05) is 12.8 Å². The van der Waals surface area contributed by atoms with Crippen LogP contribution >= 0.6 is 24.0 Å². The number of rotatable bonds is 1. The molecule has 0 aliphatic rings. The van der Waals surface area contributed by atoms with Crippen LogP contribution in [0.1, 0.15) is 0 Å². The molecule has 2 nitrogen and oxygen atoms in total. The number of thiol groups is 1. The Kier molecular flexibility index (Phi) is 2.09. The average molecular weight is 211 g/mol. The topological polar surface area (TPSA) is 35.2 Å². The summed E-state index contributed by atoms with van der Waals surface area (Å²) in [6.07, 6.45) is 0. The van der Waals surface area contributed by atoms with Crippen LogP contribution in [0.5, 0.6) is 5.75 Å². The molecule has 68 valence electrons. The van der Waals surface area contributed by atoms with Crippen molar-refractivity contribution in [1.29, 1.82) is 0 Å². The van der Waals surface area contributed by atoms with Crippen molar-refractivity contribution in [3.8, 4) is 5.75 Å². The van der Waals surface area contributed by atoms with E-state index >= 15 is 0 Å². The number of hydrogen-bond acceptors (Lipinski definition) is 4. The predicted octanol–water partition coefficient (Wildman–Crippen LogP) is 2.78. The zero-order valence-corrected chi connectivity index (χ0v) is 8.78. The molecule has 2 rings (SSSR count). The van der Waals surface area contributed by atoms with Gasteiger partial charge in [0.2, 0.25) is 0 Å². The van der Waals surface area contributed by atoms with Gasteiger partial charge in [0.05, 0.1) is 7.11 Å². The van der Waals surface area contributed by atoms with Gasteiger partial charge in [-0.05, 0) is 12.1 Å². The number of nitrogen functional groups attached to an aromatic ring is 1. The summed E-state index contributed by atoms with van der Waals surface area (Å²) in [5.74, 6) is 0.875. The second kappa shape index (κ2) is 3.12. The number of nitrogens with two attached hydrogens (primary N) is 1. The number of methoxy groups -OCH3 is 1. The highest BCUT2D eigenvalue weighted by Crippen LogP contribution is 2.35. The van der Waals surface area contributed by atoms with E-state index in [9.17, 15) is 0 Å². The maximum atomic E-state index is 5.74. The Morgan fingerprint density at radius 3 is 2.92 bits per heavy atom. The molecule has 0 aliphatic carbocycles. The summed E-state index contributed by atoms with van der Waals surface area (Å²) in [4.78, 5) is 0.817. The summed E-state index contributed by atoms with van der Waals surface area (Å²) in [6.45, 7) is 0. The Bertz CT molecular complexity index is 450. The van der Waals surface area contributed by atoms with Crippen molar-refractivity contribution in [2.24, 2.45) is 0 Å². The van der Waals surface area contributed by atoms with Gasteiger partial charge in [0.25, 0.3) is 0 Å². The quantitative estimate of drug-likeness (QED) is 0.562. The molecule has 1 aromatic carbocycles. The lowest BCUT2D eigenvalue weighted by molar-refractivity contribution is 0.421. The van der Waals surface area contributed by atoms with Crippen molar-refractivity contribution < 1.29 is 4.74 Å². The molecule has 0 spiro atoms. The van der Waals surface area contributed by atoms with E-state index in [0.717, 1.165) is 20.7 Å². The van der Waals surface area contributed by atoms with Crippen molar-refractivity contribution >= 4 is 39.7 Å². The maximum absolute atomic E-state index is 5.74. The van der Waals surface area contributed by atoms with Gasteiger partial charge in [-0.3, -0.25) is 0 Å². The minimum Gasteiger partial charge on any atom is -0.495 e.